The van der Waals surface area contributed by atoms with E-state index in [1.54, 1.807) is 17.8 Å². The van der Waals surface area contributed by atoms with Crippen LogP contribution in [0.5, 0.6) is 0 Å². The van der Waals surface area contributed by atoms with Gasteiger partial charge in [-0.3, -0.25) is 0 Å². The maximum absolute atomic E-state index is 12.5. The first-order valence-electron chi connectivity index (χ1n) is 6.49. The van der Waals surface area contributed by atoms with Crippen molar-refractivity contribution < 1.29 is 8.42 Å². The third-order valence-electron chi connectivity index (χ3n) is 3.57. The molecule has 0 bridgehead atoms. The summed E-state index contributed by atoms with van der Waals surface area (Å²) < 4.78 is 27.7. The van der Waals surface area contributed by atoms with Gasteiger partial charge < -0.3 is 5.73 Å². The molecule has 1 aromatic carbocycles. The average Bonchev–Trinajstić information content (AvgIpc) is 2.84. The fraction of sp³-hybridized carbons (Fsp3) is 0.462. The van der Waals surface area contributed by atoms with Crippen LogP contribution in [0.4, 0.5) is 0 Å². The van der Waals surface area contributed by atoms with E-state index in [1.165, 1.54) is 12.1 Å². The number of sulfonamides is 1. The SMILES string of the molecule is CSC1CCCC1NS(=O)(=O)c1ccc(C(N)=S)cc1Cl. The van der Waals surface area contributed by atoms with Gasteiger partial charge in [-0.15, -0.1) is 0 Å². The highest BCUT2D eigenvalue weighted by Crippen LogP contribution is 2.30. The van der Waals surface area contributed by atoms with E-state index in [-0.39, 0.29) is 20.9 Å². The molecule has 0 heterocycles. The molecule has 2 unspecified atom stereocenters. The van der Waals surface area contributed by atoms with E-state index in [2.05, 4.69) is 4.72 Å². The molecular weight excluding hydrogens is 348 g/mol. The standard InChI is InChI=1S/C13H17ClN2O2S3/c1-20-11-4-2-3-10(11)16-21(17,18)12-6-5-8(13(15)19)7-9(12)14/h5-7,10-11,16H,2-4H2,1H3,(H2,15,19). The van der Waals surface area contributed by atoms with E-state index >= 15 is 0 Å². The van der Waals surface area contributed by atoms with Crippen LogP contribution in [-0.4, -0.2) is 31.0 Å². The number of halogens is 1. The molecule has 0 aromatic heterocycles. The molecule has 0 amide bonds. The lowest BCUT2D eigenvalue weighted by Crippen LogP contribution is -2.38. The monoisotopic (exact) mass is 364 g/mol. The summed E-state index contributed by atoms with van der Waals surface area (Å²) in [7, 11) is -3.64. The molecule has 3 N–H and O–H groups in total. The minimum absolute atomic E-state index is 0.0451. The predicted octanol–water partition coefficient (Wildman–Crippen LogP) is 2.54. The minimum atomic E-state index is -3.64. The van der Waals surface area contributed by atoms with E-state index in [0.717, 1.165) is 19.3 Å². The number of thiocarbonyl (C=S) groups is 1. The van der Waals surface area contributed by atoms with Gasteiger partial charge in [0.25, 0.3) is 0 Å². The lowest BCUT2D eigenvalue weighted by Gasteiger charge is -2.19. The fourth-order valence-corrected chi connectivity index (χ4v) is 5.48. The van der Waals surface area contributed by atoms with E-state index in [0.29, 0.717) is 10.8 Å². The largest absolute Gasteiger partial charge is 0.389 e. The number of hydrogen-bond acceptors (Lipinski definition) is 4. The lowest BCUT2D eigenvalue weighted by molar-refractivity contribution is 0.555. The zero-order chi connectivity index (χ0) is 15.6. The van der Waals surface area contributed by atoms with Crippen molar-refractivity contribution in [2.75, 3.05) is 6.26 Å². The van der Waals surface area contributed by atoms with Gasteiger partial charge in [0.2, 0.25) is 10.0 Å². The van der Waals surface area contributed by atoms with Crippen molar-refractivity contribution in [3.05, 3.63) is 28.8 Å². The summed E-state index contributed by atoms with van der Waals surface area (Å²) >= 11 is 12.6. The predicted molar refractivity (Wildman–Crippen MR) is 92.6 cm³/mol. The van der Waals surface area contributed by atoms with Crippen molar-refractivity contribution in [1.82, 2.24) is 4.72 Å². The molecule has 1 saturated carbocycles. The molecule has 1 aliphatic carbocycles. The van der Waals surface area contributed by atoms with Crippen LogP contribution in [0.1, 0.15) is 24.8 Å². The first kappa shape index (κ1) is 17.0. The van der Waals surface area contributed by atoms with Gasteiger partial charge in [0.15, 0.2) is 0 Å². The summed E-state index contributed by atoms with van der Waals surface area (Å²) in [6, 6.07) is 4.46. The molecule has 0 radical (unpaired) electrons. The van der Waals surface area contributed by atoms with Crippen LogP contribution < -0.4 is 10.5 Å². The van der Waals surface area contributed by atoms with Crippen LogP contribution in [0, 0.1) is 0 Å². The summed E-state index contributed by atoms with van der Waals surface area (Å²) in [4.78, 5) is 0.253. The molecular formula is C13H17ClN2O2S3. The molecule has 1 aliphatic rings. The van der Waals surface area contributed by atoms with Crippen molar-refractivity contribution in [3.8, 4) is 0 Å². The Bertz CT molecular complexity index is 649. The van der Waals surface area contributed by atoms with Crippen LogP contribution in [0.3, 0.4) is 0 Å². The number of thioether (sulfide) groups is 1. The minimum Gasteiger partial charge on any atom is -0.389 e. The second kappa shape index (κ2) is 6.83. The number of nitrogens with two attached hydrogens (primary N) is 1. The van der Waals surface area contributed by atoms with Gasteiger partial charge in [0, 0.05) is 16.9 Å². The zero-order valence-electron chi connectivity index (χ0n) is 11.5. The van der Waals surface area contributed by atoms with Crippen molar-refractivity contribution in [2.24, 2.45) is 5.73 Å². The van der Waals surface area contributed by atoms with Gasteiger partial charge in [0.05, 0.1) is 5.02 Å². The lowest BCUT2D eigenvalue weighted by atomic mass is 10.2. The van der Waals surface area contributed by atoms with E-state index in [1.807, 2.05) is 6.26 Å². The van der Waals surface area contributed by atoms with Crippen LogP contribution in [0.25, 0.3) is 0 Å². The number of nitrogens with one attached hydrogen (secondary N) is 1. The van der Waals surface area contributed by atoms with E-state index in [9.17, 15) is 8.42 Å². The topological polar surface area (TPSA) is 72.2 Å². The van der Waals surface area contributed by atoms with Gasteiger partial charge in [-0.1, -0.05) is 36.3 Å². The Balaban J connectivity index is 2.25. The summed E-state index contributed by atoms with van der Waals surface area (Å²) in [5.74, 6) is 0. The third-order valence-corrected chi connectivity index (χ3v) is 6.95. The summed E-state index contributed by atoms with van der Waals surface area (Å²) in [5.41, 5.74) is 6.07. The fourth-order valence-electron chi connectivity index (χ4n) is 2.48. The average molecular weight is 365 g/mol. The molecule has 2 atom stereocenters. The van der Waals surface area contributed by atoms with Gasteiger partial charge in [-0.2, -0.15) is 11.8 Å². The van der Waals surface area contributed by atoms with Crippen LogP contribution in [0.2, 0.25) is 5.02 Å². The third kappa shape index (κ3) is 3.90. The Morgan fingerprint density at radius 3 is 2.76 bits per heavy atom. The number of rotatable bonds is 5. The first-order valence-corrected chi connectivity index (χ1v) is 10.1. The molecule has 0 aliphatic heterocycles. The van der Waals surface area contributed by atoms with Crippen LogP contribution >= 0.6 is 35.6 Å². The molecule has 4 nitrogen and oxygen atoms in total. The molecule has 116 valence electrons. The Kier molecular flexibility index (Phi) is 5.54. The smallest absolute Gasteiger partial charge is 0.242 e. The molecule has 1 fully saturated rings. The number of benzene rings is 1. The maximum Gasteiger partial charge on any atom is 0.242 e. The van der Waals surface area contributed by atoms with Crippen LogP contribution in [0.15, 0.2) is 23.1 Å². The summed E-state index contributed by atoms with van der Waals surface area (Å²) in [6.07, 6.45) is 4.92. The molecule has 21 heavy (non-hydrogen) atoms. The Hall–Kier alpha value is -0.340. The van der Waals surface area contributed by atoms with Crippen molar-refractivity contribution in [2.45, 2.75) is 35.4 Å². The highest BCUT2D eigenvalue weighted by atomic mass is 35.5. The van der Waals surface area contributed by atoms with E-state index < -0.39 is 10.0 Å². The quantitative estimate of drug-likeness (QED) is 0.785. The summed E-state index contributed by atoms with van der Waals surface area (Å²) in [6.45, 7) is 0. The first-order chi connectivity index (χ1) is 9.85. The molecule has 1 aromatic rings. The molecule has 0 saturated heterocycles. The van der Waals surface area contributed by atoms with Gasteiger partial charge in [0.1, 0.15) is 9.88 Å². The van der Waals surface area contributed by atoms with Gasteiger partial charge in [-0.05, 0) is 31.2 Å². The zero-order valence-corrected chi connectivity index (χ0v) is 14.7. The van der Waals surface area contributed by atoms with E-state index in [4.69, 9.17) is 29.6 Å². The molecule has 8 heteroatoms. The Labute approximate surface area is 139 Å². The van der Waals surface area contributed by atoms with Crippen LogP contribution in [-0.2, 0) is 10.0 Å². The normalized spacial score (nSPS) is 22.4. The highest BCUT2D eigenvalue weighted by Gasteiger charge is 2.31. The van der Waals surface area contributed by atoms with Gasteiger partial charge >= 0.3 is 0 Å². The Morgan fingerprint density at radius 1 is 1.48 bits per heavy atom. The number of hydrogen-bond donors (Lipinski definition) is 2. The second-order valence-electron chi connectivity index (χ2n) is 4.94. The maximum atomic E-state index is 12.5. The second-order valence-corrected chi connectivity index (χ2v) is 8.55. The molecule has 2 rings (SSSR count). The highest BCUT2D eigenvalue weighted by molar-refractivity contribution is 7.99. The van der Waals surface area contributed by atoms with Crippen molar-refractivity contribution in [3.63, 3.8) is 0 Å². The Morgan fingerprint density at radius 2 is 2.19 bits per heavy atom. The van der Waals surface area contributed by atoms with Crippen molar-refractivity contribution >= 4 is 50.6 Å². The van der Waals surface area contributed by atoms with Gasteiger partial charge in [-0.25, -0.2) is 13.1 Å². The van der Waals surface area contributed by atoms with Crippen molar-refractivity contribution in [1.29, 1.82) is 0 Å². The molecule has 0 spiro atoms. The summed E-state index contributed by atoms with van der Waals surface area (Å²) in [5, 5.41) is 0.445.